The van der Waals surface area contributed by atoms with Crippen LogP contribution in [0.4, 0.5) is 0 Å². The largest absolute Gasteiger partial charge is 0.314 e. The second kappa shape index (κ2) is 6.62. The minimum Gasteiger partial charge on any atom is -0.314 e. The summed E-state index contributed by atoms with van der Waals surface area (Å²) in [7, 11) is 0. The van der Waals surface area contributed by atoms with Crippen molar-refractivity contribution in [1.29, 1.82) is 0 Å². The van der Waals surface area contributed by atoms with E-state index in [9.17, 15) is 0 Å². The molecule has 0 saturated carbocycles. The van der Waals surface area contributed by atoms with Crippen LogP contribution in [0.5, 0.6) is 0 Å². The third-order valence-electron chi connectivity index (χ3n) is 3.38. The van der Waals surface area contributed by atoms with Gasteiger partial charge in [0.15, 0.2) is 5.82 Å². The molecule has 0 aliphatic rings. The molecule has 0 fully saturated rings. The lowest BCUT2D eigenvalue weighted by Crippen LogP contribution is -2.25. The maximum atomic E-state index is 4.66. The van der Waals surface area contributed by atoms with Gasteiger partial charge in [0.1, 0.15) is 0 Å². The van der Waals surface area contributed by atoms with Crippen molar-refractivity contribution in [2.24, 2.45) is 0 Å². The molecule has 0 saturated heterocycles. The van der Waals surface area contributed by atoms with Gasteiger partial charge >= 0.3 is 0 Å². The zero-order chi connectivity index (χ0) is 14.5. The molecule has 1 heterocycles. The number of hydrogen-bond acceptors (Lipinski definition) is 3. The molecule has 106 valence electrons. The third-order valence-corrected chi connectivity index (χ3v) is 3.38. The molecule has 20 heavy (non-hydrogen) atoms. The Hall–Kier alpha value is -1.74. The van der Waals surface area contributed by atoms with Crippen molar-refractivity contribution in [1.82, 2.24) is 15.3 Å². The summed E-state index contributed by atoms with van der Waals surface area (Å²) >= 11 is 0. The molecule has 3 nitrogen and oxygen atoms in total. The quantitative estimate of drug-likeness (QED) is 0.905. The van der Waals surface area contributed by atoms with E-state index in [-0.39, 0.29) is 0 Å². The van der Waals surface area contributed by atoms with Gasteiger partial charge in [-0.3, -0.25) is 0 Å². The van der Waals surface area contributed by atoms with Crippen LogP contribution < -0.4 is 5.32 Å². The molecule has 0 aliphatic heterocycles. The number of benzene rings is 1. The average Bonchev–Trinajstić information content (AvgIpc) is 2.42. The van der Waals surface area contributed by atoms with Crippen LogP contribution in [0.3, 0.4) is 0 Å². The lowest BCUT2D eigenvalue weighted by atomic mass is 10.1. The first-order valence-electron chi connectivity index (χ1n) is 7.21. The predicted octanol–water partition coefficient (Wildman–Crippen LogP) is 3.30. The second-order valence-electron chi connectivity index (χ2n) is 5.42. The van der Waals surface area contributed by atoms with Gasteiger partial charge in [-0.1, -0.05) is 44.2 Å². The van der Waals surface area contributed by atoms with Gasteiger partial charge in [0.05, 0.1) is 0 Å². The molecule has 0 atom stereocenters. The Kier molecular flexibility index (Phi) is 4.85. The summed E-state index contributed by atoms with van der Waals surface area (Å²) in [5.74, 6) is 0.821. The fourth-order valence-corrected chi connectivity index (χ4v) is 2.30. The summed E-state index contributed by atoms with van der Waals surface area (Å²) in [6.07, 6.45) is 0.977. The number of aromatic nitrogens is 2. The highest BCUT2D eigenvalue weighted by Gasteiger charge is 2.09. The summed E-state index contributed by atoms with van der Waals surface area (Å²) < 4.78 is 0. The lowest BCUT2D eigenvalue weighted by molar-refractivity contribution is 0.588. The molecule has 3 heteroatoms. The summed E-state index contributed by atoms with van der Waals surface area (Å²) in [6, 6.07) is 10.7. The van der Waals surface area contributed by atoms with E-state index in [4.69, 9.17) is 0 Å². The first-order valence-corrected chi connectivity index (χ1v) is 7.21. The zero-order valence-electron chi connectivity index (χ0n) is 12.8. The van der Waals surface area contributed by atoms with Gasteiger partial charge in [-0.05, 0) is 32.4 Å². The molecule has 0 unspecified atom stereocenters. The summed E-state index contributed by atoms with van der Waals surface area (Å²) in [4.78, 5) is 9.33. The van der Waals surface area contributed by atoms with E-state index in [0.717, 1.165) is 35.7 Å². The van der Waals surface area contributed by atoms with E-state index in [0.29, 0.717) is 6.04 Å². The van der Waals surface area contributed by atoms with Gasteiger partial charge in [0.2, 0.25) is 0 Å². The fraction of sp³-hybridized carbons (Fsp3) is 0.412. The van der Waals surface area contributed by atoms with Crippen LogP contribution in [0.15, 0.2) is 30.3 Å². The molecule has 0 spiro atoms. The van der Waals surface area contributed by atoms with Crippen LogP contribution in [-0.4, -0.2) is 22.6 Å². The van der Waals surface area contributed by atoms with E-state index < -0.39 is 0 Å². The van der Waals surface area contributed by atoms with Crippen molar-refractivity contribution in [3.8, 4) is 11.4 Å². The summed E-state index contributed by atoms with van der Waals surface area (Å²) in [5, 5.41) is 3.44. The van der Waals surface area contributed by atoms with Gasteiger partial charge in [0, 0.05) is 23.0 Å². The number of nitrogens with zero attached hydrogens (tertiary/aromatic N) is 2. The molecule has 1 aromatic heterocycles. The SMILES string of the molecule is Cc1nc(-c2ccccc2)nc(C)c1CCNC(C)C. The standard InChI is InChI=1S/C17H23N3/c1-12(2)18-11-10-16-13(3)19-17(20-14(16)4)15-8-6-5-7-9-15/h5-9,12,18H,10-11H2,1-4H3. The maximum Gasteiger partial charge on any atom is 0.159 e. The van der Waals surface area contributed by atoms with Gasteiger partial charge in [-0.2, -0.15) is 0 Å². The van der Waals surface area contributed by atoms with E-state index in [1.165, 1.54) is 5.56 Å². The monoisotopic (exact) mass is 269 g/mol. The summed E-state index contributed by atoms with van der Waals surface area (Å²) in [5.41, 5.74) is 4.51. The van der Waals surface area contributed by atoms with Gasteiger partial charge in [-0.15, -0.1) is 0 Å². The Morgan fingerprint density at radius 1 is 1.00 bits per heavy atom. The summed E-state index contributed by atoms with van der Waals surface area (Å²) in [6.45, 7) is 9.44. The van der Waals surface area contributed by atoms with Gasteiger partial charge in [-0.25, -0.2) is 9.97 Å². The molecular weight excluding hydrogens is 246 g/mol. The van der Waals surface area contributed by atoms with Gasteiger partial charge in [0.25, 0.3) is 0 Å². The Morgan fingerprint density at radius 3 is 2.15 bits per heavy atom. The highest BCUT2D eigenvalue weighted by Crippen LogP contribution is 2.18. The molecule has 0 radical (unpaired) electrons. The van der Waals surface area contributed by atoms with Crippen LogP contribution in [0.25, 0.3) is 11.4 Å². The fourth-order valence-electron chi connectivity index (χ4n) is 2.30. The highest BCUT2D eigenvalue weighted by atomic mass is 14.9. The number of rotatable bonds is 5. The Morgan fingerprint density at radius 2 is 1.60 bits per heavy atom. The lowest BCUT2D eigenvalue weighted by Gasteiger charge is -2.13. The normalized spacial score (nSPS) is 11.1. The Bertz CT molecular complexity index is 539. The first kappa shape index (κ1) is 14.7. The zero-order valence-corrected chi connectivity index (χ0v) is 12.8. The topological polar surface area (TPSA) is 37.8 Å². The molecule has 0 amide bonds. The van der Waals surface area contributed by atoms with E-state index in [1.807, 2.05) is 30.3 Å². The molecular formula is C17H23N3. The number of nitrogens with one attached hydrogen (secondary N) is 1. The predicted molar refractivity (Wildman–Crippen MR) is 83.8 cm³/mol. The molecule has 2 rings (SSSR count). The molecule has 0 aliphatic carbocycles. The number of hydrogen-bond donors (Lipinski definition) is 1. The van der Waals surface area contributed by atoms with Crippen LogP contribution >= 0.6 is 0 Å². The highest BCUT2D eigenvalue weighted by molar-refractivity contribution is 5.55. The van der Waals surface area contributed by atoms with Crippen LogP contribution in [0.2, 0.25) is 0 Å². The Balaban J connectivity index is 2.21. The van der Waals surface area contributed by atoms with E-state index in [1.54, 1.807) is 0 Å². The van der Waals surface area contributed by atoms with Crippen molar-refractivity contribution in [3.05, 3.63) is 47.3 Å². The Labute approximate surface area is 121 Å². The van der Waals surface area contributed by atoms with Crippen molar-refractivity contribution < 1.29 is 0 Å². The molecule has 2 aromatic rings. The average molecular weight is 269 g/mol. The van der Waals surface area contributed by atoms with Crippen LogP contribution in [-0.2, 0) is 6.42 Å². The van der Waals surface area contributed by atoms with Crippen molar-refractivity contribution in [3.63, 3.8) is 0 Å². The van der Waals surface area contributed by atoms with Crippen LogP contribution in [0, 0.1) is 13.8 Å². The van der Waals surface area contributed by atoms with Crippen molar-refractivity contribution in [2.45, 2.75) is 40.2 Å². The molecule has 1 aromatic carbocycles. The molecule has 1 N–H and O–H groups in total. The minimum atomic E-state index is 0.514. The van der Waals surface area contributed by atoms with E-state index in [2.05, 4.69) is 43.0 Å². The van der Waals surface area contributed by atoms with Crippen molar-refractivity contribution >= 4 is 0 Å². The van der Waals surface area contributed by atoms with Gasteiger partial charge < -0.3 is 5.32 Å². The number of aryl methyl sites for hydroxylation is 2. The van der Waals surface area contributed by atoms with E-state index >= 15 is 0 Å². The van der Waals surface area contributed by atoms with Crippen molar-refractivity contribution in [2.75, 3.05) is 6.54 Å². The first-order chi connectivity index (χ1) is 9.58. The third kappa shape index (κ3) is 3.64. The minimum absolute atomic E-state index is 0.514. The maximum absolute atomic E-state index is 4.66. The van der Waals surface area contributed by atoms with Crippen LogP contribution in [0.1, 0.15) is 30.8 Å². The molecule has 0 bridgehead atoms. The smallest absolute Gasteiger partial charge is 0.159 e. The second-order valence-corrected chi connectivity index (χ2v) is 5.42.